The number of ether oxygens (including phenoxy) is 1. The van der Waals surface area contributed by atoms with E-state index in [9.17, 15) is 4.79 Å². The normalized spacial score (nSPS) is 24.9. The fourth-order valence-corrected chi connectivity index (χ4v) is 2.17. The monoisotopic (exact) mass is 254 g/mol. The summed E-state index contributed by atoms with van der Waals surface area (Å²) in [4.78, 5) is 16.3. The Labute approximate surface area is 111 Å². The largest absolute Gasteiger partial charge is 0.376 e. The topological polar surface area (TPSA) is 32.8 Å². The fraction of sp³-hybridized carbons (Fsp3) is 0.786. The van der Waals surface area contributed by atoms with Gasteiger partial charge in [-0.25, -0.2) is 0 Å². The molecule has 1 saturated heterocycles. The number of nitrogens with zero attached hydrogens (tertiary/aromatic N) is 2. The van der Waals surface area contributed by atoms with Gasteiger partial charge >= 0.3 is 0 Å². The first-order chi connectivity index (χ1) is 8.43. The SMILES string of the molecule is C=C(C)CN(CC)C(=O)CN1CC(C)OCC1C. The maximum atomic E-state index is 12.2. The van der Waals surface area contributed by atoms with Crippen molar-refractivity contribution >= 4 is 5.91 Å². The zero-order valence-corrected chi connectivity index (χ0v) is 12.1. The minimum atomic E-state index is 0.182. The van der Waals surface area contributed by atoms with E-state index in [1.54, 1.807) is 0 Å². The molecule has 1 heterocycles. The van der Waals surface area contributed by atoms with Crippen LogP contribution in [0.15, 0.2) is 12.2 Å². The summed E-state index contributed by atoms with van der Waals surface area (Å²) in [7, 11) is 0. The van der Waals surface area contributed by atoms with E-state index in [0.717, 1.165) is 18.7 Å². The van der Waals surface area contributed by atoms with Gasteiger partial charge in [0, 0.05) is 25.7 Å². The smallest absolute Gasteiger partial charge is 0.237 e. The third kappa shape index (κ3) is 4.42. The molecule has 0 aromatic heterocycles. The quantitative estimate of drug-likeness (QED) is 0.697. The second-order valence-electron chi connectivity index (χ2n) is 5.29. The molecule has 0 aromatic carbocycles. The van der Waals surface area contributed by atoms with Crippen molar-refractivity contribution in [3.05, 3.63) is 12.2 Å². The Morgan fingerprint density at radius 3 is 2.72 bits per heavy atom. The van der Waals surface area contributed by atoms with Crippen molar-refractivity contribution in [3.63, 3.8) is 0 Å². The number of carbonyl (C=O) groups excluding carboxylic acids is 1. The predicted octanol–water partition coefficient (Wildman–Crippen LogP) is 1.52. The zero-order chi connectivity index (χ0) is 13.7. The molecule has 1 aliphatic heterocycles. The maximum absolute atomic E-state index is 12.2. The number of hydrogen-bond donors (Lipinski definition) is 0. The lowest BCUT2D eigenvalue weighted by Crippen LogP contribution is -2.51. The molecule has 0 spiro atoms. The molecule has 1 amide bonds. The Kier molecular flexibility index (Phi) is 5.82. The summed E-state index contributed by atoms with van der Waals surface area (Å²) in [6.07, 6.45) is 0.213. The minimum absolute atomic E-state index is 0.182. The lowest BCUT2D eigenvalue weighted by atomic mass is 10.2. The van der Waals surface area contributed by atoms with Crippen LogP contribution in [0.1, 0.15) is 27.7 Å². The molecule has 4 heteroatoms. The highest BCUT2D eigenvalue weighted by Gasteiger charge is 2.26. The van der Waals surface area contributed by atoms with Crippen LogP contribution < -0.4 is 0 Å². The van der Waals surface area contributed by atoms with E-state index in [-0.39, 0.29) is 12.0 Å². The van der Waals surface area contributed by atoms with Gasteiger partial charge in [0.25, 0.3) is 0 Å². The zero-order valence-electron chi connectivity index (χ0n) is 12.1. The third-order valence-corrected chi connectivity index (χ3v) is 3.27. The van der Waals surface area contributed by atoms with Crippen LogP contribution in [0.2, 0.25) is 0 Å². The molecule has 2 atom stereocenters. The molecule has 104 valence electrons. The Bertz CT molecular complexity index is 304. The summed E-state index contributed by atoms with van der Waals surface area (Å²) >= 11 is 0. The van der Waals surface area contributed by atoms with Gasteiger partial charge in [-0.1, -0.05) is 12.2 Å². The van der Waals surface area contributed by atoms with Crippen molar-refractivity contribution in [1.82, 2.24) is 9.80 Å². The first kappa shape index (κ1) is 15.2. The Hall–Kier alpha value is -0.870. The molecule has 0 N–H and O–H groups in total. The van der Waals surface area contributed by atoms with E-state index >= 15 is 0 Å². The molecular weight excluding hydrogens is 228 g/mol. The molecule has 1 aliphatic rings. The van der Waals surface area contributed by atoms with Crippen LogP contribution in [-0.2, 0) is 9.53 Å². The summed E-state index contributed by atoms with van der Waals surface area (Å²) < 4.78 is 5.57. The minimum Gasteiger partial charge on any atom is -0.376 e. The van der Waals surface area contributed by atoms with Crippen molar-refractivity contribution in [1.29, 1.82) is 0 Å². The van der Waals surface area contributed by atoms with Gasteiger partial charge in [-0.15, -0.1) is 0 Å². The van der Waals surface area contributed by atoms with E-state index in [4.69, 9.17) is 4.74 Å². The van der Waals surface area contributed by atoms with Gasteiger partial charge in [0.15, 0.2) is 0 Å². The molecule has 0 aromatic rings. The number of hydrogen-bond acceptors (Lipinski definition) is 3. The summed E-state index contributed by atoms with van der Waals surface area (Å²) in [5, 5.41) is 0. The van der Waals surface area contributed by atoms with Gasteiger partial charge in [0.1, 0.15) is 0 Å². The van der Waals surface area contributed by atoms with E-state index in [1.165, 1.54) is 0 Å². The molecule has 0 saturated carbocycles. The fourth-order valence-electron chi connectivity index (χ4n) is 2.17. The molecule has 4 nitrogen and oxygen atoms in total. The number of carbonyl (C=O) groups is 1. The third-order valence-electron chi connectivity index (χ3n) is 3.27. The summed E-state index contributed by atoms with van der Waals surface area (Å²) in [5.41, 5.74) is 1.02. The van der Waals surface area contributed by atoms with Crippen molar-refractivity contribution in [2.45, 2.75) is 39.8 Å². The second kappa shape index (κ2) is 6.90. The van der Waals surface area contributed by atoms with Gasteiger partial charge in [0.2, 0.25) is 5.91 Å². The second-order valence-corrected chi connectivity index (χ2v) is 5.29. The van der Waals surface area contributed by atoms with Crippen LogP contribution in [0.3, 0.4) is 0 Å². The Balaban J connectivity index is 2.53. The molecule has 0 radical (unpaired) electrons. The molecule has 1 fully saturated rings. The molecule has 18 heavy (non-hydrogen) atoms. The van der Waals surface area contributed by atoms with Gasteiger partial charge in [-0.2, -0.15) is 0 Å². The molecule has 2 unspecified atom stereocenters. The highest BCUT2D eigenvalue weighted by Crippen LogP contribution is 2.11. The maximum Gasteiger partial charge on any atom is 0.237 e. The molecular formula is C14H26N2O2. The highest BCUT2D eigenvalue weighted by atomic mass is 16.5. The summed E-state index contributed by atoms with van der Waals surface area (Å²) in [5.74, 6) is 0.182. The molecule has 1 rings (SSSR count). The summed E-state index contributed by atoms with van der Waals surface area (Å²) in [6.45, 7) is 15.4. The first-order valence-electron chi connectivity index (χ1n) is 6.71. The van der Waals surface area contributed by atoms with Crippen LogP contribution in [-0.4, -0.2) is 60.6 Å². The van der Waals surface area contributed by atoms with Crippen molar-refractivity contribution < 1.29 is 9.53 Å². The van der Waals surface area contributed by atoms with Crippen molar-refractivity contribution in [2.24, 2.45) is 0 Å². The first-order valence-corrected chi connectivity index (χ1v) is 6.71. The van der Waals surface area contributed by atoms with Crippen LogP contribution in [0.25, 0.3) is 0 Å². The number of likely N-dealkylation sites (N-methyl/N-ethyl adjacent to an activating group) is 1. The average Bonchev–Trinajstić information content (AvgIpc) is 2.30. The van der Waals surface area contributed by atoms with E-state index in [1.807, 2.05) is 18.7 Å². The number of amides is 1. The Morgan fingerprint density at radius 2 is 2.17 bits per heavy atom. The number of morpholine rings is 1. The lowest BCUT2D eigenvalue weighted by Gasteiger charge is -2.37. The van der Waals surface area contributed by atoms with Crippen LogP contribution in [0.4, 0.5) is 0 Å². The standard InChI is InChI=1S/C14H26N2O2/c1-6-15(7-11(2)3)14(17)9-16-8-13(5)18-10-12(16)4/h12-13H,2,6-10H2,1,3-5H3. The van der Waals surface area contributed by atoms with Gasteiger partial charge in [-0.05, 0) is 27.7 Å². The average molecular weight is 254 g/mol. The van der Waals surface area contributed by atoms with Gasteiger partial charge in [-0.3, -0.25) is 9.69 Å². The lowest BCUT2D eigenvalue weighted by molar-refractivity contribution is -0.135. The molecule has 0 aliphatic carbocycles. The van der Waals surface area contributed by atoms with Gasteiger partial charge < -0.3 is 9.64 Å². The Morgan fingerprint density at radius 1 is 1.50 bits per heavy atom. The van der Waals surface area contributed by atoms with Crippen LogP contribution >= 0.6 is 0 Å². The van der Waals surface area contributed by atoms with Crippen molar-refractivity contribution in [2.75, 3.05) is 32.8 Å². The summed E-state index contributed by atoms with van der Waals surface area (Å²) in [6, 6.07) is 0.314. The van der Waals surface area contributed by atoms with Crippen LogP contribution in [0.5, 0.6) is 0 Å². The predicted molar refractivity (Wildman–Crippen MR) is 73.5 cm³/mol. The van der Waals surface area contributed by atoms with E-state index in [2.05, 4.69) is 25.3 Å². The van der Waals surface area contributed by atoms with E-state index < -0.39 is 0 Å². The highest BCUT2D eigenvalue weighted by molar-refractivity contribution is 5.78. The van der Waals surface area contributed by atoms with Gasteiger partial charge in [0.05, 0.1) is 19.3 Å². The van der Waals surface area contributed by atoms with Crippen LogP contribution in [0, 0.1) is 0 Å². The molecule has 0 bridgehead atoms. The number of rotatable bonds is 5. The van der Waals surface area contributed by atoms with E-state index in [0.29, 0.717) is 25.7 Å². The van der Waals surface area contributed by atoms with Crippen molar-refractivity contribution in [3.8, 4) is 0 Å².